The Bertz CT molecular complexity index is 896. The van der Waals surface area contributed by atoms with Gasteiger partial charge in [-0.1, -0.05) is 11.8 Å². The van der Waals surface area contributed by atoms with Crippen molar-refractivity contribution >= 4 is 23.4 Å². The molecule has 3 rings (SSSR count). The molecule has 27 heavy (non-hydrogen) atoms. The molecule has 1 aromatic heterocycles. The summed E-state index contributed by atoms with van der Waals surface area (Å²) < 4.78 is 11.9. The highest BCUT2D eigenvalue weighted by Crippen LogP contribution is 2.25. The first-order valence-electron chi connectivity index (χ1n) is 8.15. The van der Waals surface area contributed by atoms with Gasteiger partial charge in [-0.15, -0.1) is 5.10 Å². The molecule has 1 unspecified atom stereocenters. The van der Waals surface area contributed by atoms with E-state index in [0.717, 1.165) is 17.2 Å². The van der Waals surface area contributed by atoms with Crippen LogP contribution in [0.15, 0.2) is 53.7 Å². The van der Waals surface area contributed by atoms with Crippen LogP contribution < -0.4 is 14.8 Å². The number of hydrogen-bond acceptors (Lipinski definition) is 7. The van der Waals surface area contributed by atoms with Crippen molar-refractivity contribution in [1.29, 1.82) is 0 Å². The Morgan fingerprint density at radius 2 is 1.63 bits per heavy atom. The maximum absolute atomic E-state index is 12.5. The summed E-state index contributed by atoms with van der Waals surface area (Å²) in [6.45, 7) is 1.80. The molecule has 0 saturated heterocycles. The van der Waals surface area contributed by atoms with Crippen molar-refractivity contribution in [3.05, 3.63) is 48.5 Å². The van der Waals surface area contributed by atoms with E-state index in [2.05, 4.69) is 20.8 Å². The van der Waals surface area contributed by atoms with E-state index in [0.29, 0.717) is 10.8 Å². The van der Waals surface area contributed by atoms with E-state index in [9.17, 15) is 4.79 Å². The largest absolute Gasteiger partial charge is 0.497 e. The third-order valence-electron chi connectivity index (χ3n) is 3.77. The van der Waals surface area contributed by atoms with Crippen LogP contribution in [0, 0.1) is 0 Å². The van der Waals surface area contributed by atoms with Crippen LogP contribution in [0.5, 0.6) is 11.5 Å². The highest BCUT2D eigenvalue weighted by atomic mass is 32.2. The average Bonchev–Trinajstić information content (AvgIpc) is 3.16. The van der Waals surface area contributed by atoms with Crippen LogP contribution in [0.2, 0.25) is 0 Å². The molecule has 1 N–H and O–H groups in total. The van der Waals surface area contributed by atoms with Gasteiger partial charge in [0.25, 0.3) is 0 Å². The molecule has 8 nitrogen and oxygen atoms in total. The van der Waals surface area contributed by atoms with Gasteiger partial charge in [0.1, 0.15) is 11.5 Å². The molecule has 9 heteroatoms. The number of nitrogens with one attached hydrogen (secondary N) is 1. The maximum atomic E-state index is 12.5. The lowest BCUT2D eigenvalue weighted by atomic mass is 10.3. The normalized spacial score (nSPS) is 11.7. The lowest BCUT2D eigenvalue weighted by Crippen LogP contribution is -2.22. The van der Waals surface area contributed by atoms with Gasteiger partial charge >= 0.3 is 0 Å². The molecule has 0 aliphatic rings. The summed E-state index contributed by atoms with van der Waals surface area (Å²) >= 11 is 1.28. The molecule has 0 bridgehead atoms. The molecule has 0 aliphatic carbocycles. The molecule has 0 saturated carbocycles. The van der Waals surface area contributed by atoms with Crippen LogP contribution in [0.1, 0.15) is 6.92 Å². The Labute approximate surface area is 160 Å². The number of amides is 1. The molecular formula is C18H19N5O3S. The number of nitrogens with zero attached hydrogens (tertiary/aromatic N) is 4. The summed E-state index contributed by atoms with van der Waals surface area (Å²) in [5.41, 5.74) is 1.48. The minimum atomic E-state index is -0.393. The van der Waals surface area contributed by atoms with Gasteiger partial charge in [-0.3, -0.25) is 4.79 Å². The van der Waals surface area contributed by atoms with Gasteiger partial charge in [-0.25, -0.2) is 0 Å². The van der Waals surface area contributed by atoms with E-state index < -0.39 is 5.25 Å². The van der Waals surface area contributed by atoms with E-state index in [1.54, 1.807) is 50.1 Å². The second kappa shape index (κ2) is 8.54. The fourth-order valence-corrected chi connectivity index (χ4v) is 3.08. The fourth-order valence-electron chi connectivity index (χ4n) is 2.27. The number of anilines is 1. The second-order valence-electron chi connectivity index (χ2n) is 5.55. The highest BCUT2D eigenvalue weighted by Gasteiger charge is 2.19. The number of ether oxygens (including phenoxy) is 2. The van der Waals surface area contributed by atoms with Crippen LogP contribution in [-0.2, 0) is 4.79 Å². The molecule has 3 aromatic rings. The summed E-state index contributed by atoms with van der Waals surface area (Å²) in [6, 6.07) is 14.5. The topological polar surface area (TPSA) is 91.2 Å². The summed E-state index contributed by atoms with van der Waals surface area (Å²) in [6.07, 6.45) is 0. The van der Waals surface area contributed by atoms with Crippen molar-refractivity contribution in [2.24, 2.45) is 0 Å². The highest BCUT2D eigenvalue weighted by molar-refractivity contribution is 8.00. The number of hydrogen-bond donors (Lipinski definition) is 1. The first kappa shape index (κ1) is 18.7. The SMILES string of the molecule is COc1ccc(NC(=O)C(C)Sc2nnnn2-c2ccc(OC)cc2)cc1. The Morgan fingerprint density at radius 1 is 1.04 bits per heavy atom. The molecule has 0 spiro atoms. The number of carbonyl (C=O) groups excluding carboxylic acids is 1. The van der Waals surface area contributed by atoms with Crippen molar-refractivity contribution in [2.75, 3.05) is 19.5 Å². The molecule has 0 aliphatic heterocycles. The molecule has 0 radical (unpaired) electrons. The number of carbonyl (C=O) groups is 1. The van der Waals surface area contributed by atoms with Gasteiger partial charge in [0.2, 0.25) is 11.1 Å². The van der Waals surface area contributed by atoms with Crippen LogP contribution in [0.25, 0.3) is 5.69 Å². The maximum Gasteiger partial charge on any atom is 0.237 e. The van der Waals surface area contributed by atoms with Crippen LogP contribution in [-0.4, -0.2) is 45.6 Å². The molecule has 1 amide bonds. The van der Waals surface area contributed by atoms with Crippen LogP contribution in [0.3, 0.4) is 0 Å². The van der Waals surface area contributed by atoms with E-state index >= 15 is 0 Å². The van der Waals surface area contributed by atoms with Gasteiger partial charge in [0.15, 0.2) is 0 Å². The monoisotopic (exact) mass is 385 g/mol. The smallest absolute Gasteiger partial charge is 0.237 e. The van der Waals surface area contributed by atoms with E-state index in [1.807, 2.05) is 24.3 Å². The van der Waals surface area contributed by atoms with Crippen molar-refractivity contribution < 1.29 is 14.3 Å². The molecule has 140 valence electrons. The van der Waals surface area contributed by atoms with Crippen LogP contribution in [0.4, 0.5) is 5.69 Å². The second-order valence-corrected chi connectivity index (χ2v) is 6.86. The van der Waals surface area contributed by atoms with Crippen molar-refractivity contribution in [2.45, 2.75) is 17.3 Å². The number of thioether (sulfide) groups is 1. The van der Waals surface area contributed by atoms with Crippen molar-refractivity contribution in [3.63, 3.8) is 0 Å². The Balaban J connectivity index is 1.67. The Morgan fingerprint density at radius 3 is 2.22 bits per heavy atom. The van der Waals surface area contributed by atoms with Crippen molar-refractivity contribution in [3.8, 4) is 17.2 Å². The molecule has 1 heterocycles. The van der Waals surface area contributed by atoms with Gasteiger partial charge in [0.05, 0.1) is 25.2 Å². The molecule has 0 fully saturated rings. The minimum Gasteiger partial charge on any atom is -0.497 e. The lowest BCUT2D eigenvalue weighted by molar-refractivity contribution is -0.115. The first-order chi connectivity index (χ1) is 13.1. The summed E-state index contributed by atoms with van der Waals surface area (Å²) in [5.74, 6) is 1.33. The Hall–Kier alpha value is -3.07. The molecule has 1 atom stereocenters. The number of methoxy groups -OCH3 is 2. The first-order valence-corrected chi connectivity index (χ1v) is 9.03. The summed E-state index contributed by atoms with van der Waals surface area (Å²) in [7, 11) is 3.20. The standard InChI is InChI=1S/C18H19N5O3S/c1-12(17(24)19-13-4-8-15(25-2)9-5-13)27-18-20-21-22-23(18)14-6-10-16(26-3)11-7-14/h4-12H,1-3H3,(H,19,24). The Kier molecular flexibility index (Phi) is 5.92. The molecular weight excluding hydrogens is 366 g/mol. The number of benzene rings is 2. The molecule has 2 aromatic carbocycles. The van der Waals surface area contributed by atoms with E-state index in [-0.39, 0.29) is 5.91 Å². The predicted octanol–water partition coefficient (Wildman–Crippen LogP) is 2.80. The zero-order valence-electron chi connectivity index (χ0n) is 15.1. The number of rotatable bonds is 7. The quantitative estimate of drug-likeness (QED) is 0.625. The van der Waals surface area contributed by atoms with Gasteiger partial charge in [0, 0.05) is 5.69 Å². The minimum absolute atomic E-state index is 0.144. The number of aromatic nitrogens is 4. The van der Waals surface area contributed by atoms with Gasteiger partial charge in [-0.2, -0.15) is 4.68 Å². The third kappa shape index (κ3) is 4.56. The lowest BCUT2D eigenvalue weighted by Gasteiger charge is -2.12. The van der Waals surface area contributed by atoms with Crippen LogP contribution >= 0.6 is 11.8 Å². The zero-order chi connectivity index (χ0) is 19.2. The van der Waals surface area contributed by atoms with Gasteiger partial charge in [-0.05, 0) is 65.9 Å². The average molecular weight is 385 g/mol. The summed E-state index contributed by atoms with van der Waals surface area (Å²) in [5, 5.41) is 14.8. The van der Waals surface area contributed by atoms with E-state index in [4.69, 9.17) is 9.47 Å². The van der Waals surface area contributed by atoms with Gasteiger partial charge < -0.3 is 14.8 Å². The van der Waals surface area contributed by atoms with Crippen molar-refractivity contribution in [1.82, 2.24) is 20.2 Å². The predicted molar refractivity (Wildman–Crippen MR) is 103 cm³/mol. The fraction of sp³-hybridized carbons (Fsp3) is 0.222. The van der Waals surface area contributed by atoms with E-state index in [1.165, 1.54) is 11.8 Å². The summed E-state index contributed by atoms with van der Waals surface area (Å²) in [4.78, 5) is 12.5. The third-order valence-corrected chi connectivity index (χ3v) is 4.80. The number of tetrazole rings is 1. The zero-order valence-corrected chi connectivity index (χ0v) is 15.9.